The molecule has 2 amide bonds. The van der Waals surface area contributed by atoms with Crippen molar-refractivity contribution in [2.45, 2.75) is 25.8 Å². The van der Waals surface area contributed by atoms with Gasteiger partial charge in [0.2, 0.25) is 5.91 Å². The van der Waals surface area contributed by atoms with Crippen molar-refractivity contribution in [1.29, 1.82) is 0 Å². The van der Waals surface area contributed by atoms with E-state index in [4.69, 9.17) is 0 Å². The number of anilines is 1. The number of carbonyl (C=O) groups is 3. The molecule has 9 nitrogen and oxygen atoms in total. The zero-order valence-corrected chi connectivity index (χ0v) is 23.0. The largest absolute Gasteiger partial charge is 0.377 e. The van der Waals surface area contributed by atoms with E-state index in [-0.39, 0.29) is 35.3 Å². The molecule has 1 aromatic heterocycles. The Morgan fingerprint density at radius 1 is 0.902 bits per heavy atom. The van der Waals surface area contributed by atoms with E-state index in [0.29, 0.717) is 42.7 Å². The Hall–Kier alpha value is -4.79. The van der Waals surface area contributed by atoms with Crippen LogP contribution in [0.2, 0.25) is 0 Å². The molecule has 3 heterocycles. The Kier molecular flexibility index (Phi) is 6.86. The summed E-state index contributed by atoms with van der Waals surface area (Å²) in [5, 5.41) is 12.1. The predicted octanol–water partition coefficient (Wildman–Crippen LogP) is 3.97. The van der Waals surface area contributed by atoms with Gasteiger partial charge in [-0.2, -0.15) is 5.10 Å². The highest BCUT2D eigenvalue weighted by molar-refractivity contribution is 5.97. The molecule has 0 aliphatic carbocycles. The summed E-state index contributed by atoms with van der Waals surface area (Å²) in [6.45, 7) is 5.85. The van der Waals surface area contributed by atoms with Gasteiger partial charge in [0.15, 0.2) is 0 Å². The number of nitrogens with one attached hydrogen (secondary N) is 2. The number of carbonyl (C=O) groups excluding carboxylic acids is 3. The minimum Gasteiger partial charge on any atom is -0.377 e. The van der Waals surface area contributed by atoms with Crippen LogP contribution in [0.15, 0.2) is 71.5 Å². The zero-order valence-electron chi connectivity index (χ0n) is 23.0. The molecule has 208 valence electrons. The van der Waals surface area contributed by atoms with Crippen molar-refractivity contribution in [3.05, 3.63) is 105 Å². The number of hydrogen-bond donors (Lipinski definition) is 2. The first-order chi connectivity index (χ1) is 19.9. The predicted molar refractivity (Wildman–Crippen MR) is 156 cm³/mol. The summed E-state index contributed by atoms with van der Waals surface area (Å²) in [7, 11) is 0. The average molecular weight is 550 g/mol. The minimum absolute atomic E-state index is 0.0593. The summed E-state index contributed by atoms with van der Waals surface area (Å²) < 4.78 is 0. The maximum Gasteiger partial charge on any atom is 0.272 e. The Morgan fingerprint density at radius 3 is 2.22 bits per heavy atom. The lowest BCUT2D eigenvalue weighted by atomic mass is 9.79. The molecular weight excluding hydrogens is 518 g/mol. The number of hydrogen-bond acceptors (Lipinski definition) is 6. The molecule has 41 heavy (non-hydrogen) atoms. The molecule has 2 aliphatic rings. The molecule has 4 aromatic rings. The van der Waals surface area contributed by atoms with Crippen molar-refractivity contribution >= 4 is 34.6 Å². The third-order valence-electron chi connectivity index (χ3n) is 8.10. The summed E-state index contributed by atoms with van der Waals surface area (Å²) in [6.07, 6.45) is 0.815. The van der Waals surface area contributed by atoms with Gasteiger partial charge < -0.3 is 15.1 Å². The molecule has 3 aromatic carbocycles. The van der Waals surface area contributed by atoms with Crippen molar-refractivity contribution in [2.75, 3.05) is 31.5 Å². The fraction of sp³-hybridized carbons (Fsp3) is 0.281. The number of aromatic amines is 1. The van der Waals surface area contributed by atoms with Gasteiger partial charge in [-0.3, -0.25) is 19.2 Å². The summed E-state index contributed by atoms with van der Waals surface area (Å²) in [6, 6.07) is 20.3. The molecule has 1 saturated heterocycles. The van der Waals surface area contributed by atoms with Gasteiger partial charge >= 0.3 is 0 Å². The monoisotopic (exact) mass is 549 g/mol. The first-order valence-corrected chi connectivity index (χ1v) is 13.9. The van der Waals surface area contributed by atoms with Crippen LogP contribution in [0.4, 0.5) is 5.69 Å². The SMILES string of the molecule is CC(C)C(=O)N1CCN(C(=O)c2ccc(C3c4n[nH]c(=O)c5cccc(c45)NC3c3ccc(C=O)cc3)cc2)CC1. The van der Waals surface area contributed by atoms with Gasteiger partial charge in [0.25, 0.3) is 11.5 Å². The molecule has 1 fully saturated rings. The van der Waals surface area contributed by atoms with Crippen LogP contribution in [0.3, 0.4) is 0 Å². The third-order valence-corrected chi connectivity index (χ3v) is 8.10. The highest BCUT2D eigenvalue weighted by Gasteiger charge is 2.35. The Bertz CT molecular complexity index is 1690. The van der Waals surface area contributed by atoms with Crippen LogP contribution in [-0.4, -0.2) is 64.3 Å². The highest BCUT2D eigenvalue weighted by Crippen LogP contribution is 2.46. The lowest BCUT2D eigenvalue weighted by Crippen LogP contribution is -2.51. The molecule has 2 N–H and O–H groups in total. The Morgan fingerprint density at radius 2 is 1.56 bits per heavy atom. The number of amides is 2. The van der Waals surface area contributed by atoms with E-state index in [1.807, 2.05) is 67.3 Å². The lowest BCUT2D eigenvalue weighted by molar-refractivity contribution is -0.135. The van der Waals surface area contributed by atoms with Gasteiger partial charge in [-0.25, -0.2) is 5.10 Å². The van der Waals surface area contributed by atoms with E-state index in [1.165, 1.54) is 0 Å². The second kappa shape index (κ2) is 10.6. The topological polar surface area (TPSA) is 115 Å². The molecule has 6 rings (SSSR count). The van der Waals surface area contributed by atoms with E-state index < -0.39 is 0 Å². The number of nitrogens with zero attached hydrogens (tertiary/aromatic N) is 3. The van der Waals surface area contributed by atoms with Crippen LogP contribution in [0.1, 0.15) is 63.3 Å². The lowest BCUT2D eigenvalue weighted by Gasteiger charge is -2.36. The Balaban J connectivity index is 1.33. The smallest absolute Gasteiger partial charge is 0.272 e. The molecule has 2 aliphatic heterocycles. The normalized spacial score (nSPS) is 18.3. The van der Waals surface area contributed by atoms with E-state index >= 15 is 0 Å². The number of benzene rings is 3. The quantitative estimate of drug-likeness (QED) is 0.364. The van der Waals surface area contributed by atoms with Gasteiger partial charge in [0, 0.05) is 54.3 Å². The van der Waals surface area contributed by atoms with Gasteiger partial charge in [-0.05, 0) is 35.4 Å². The molecule has 2 unspecified atom stereocenters. The standard InChI is InChI=1S/C32H31N5O4/c1-19(2)31(40)36-14-16-37(17-15-36)32(41)23-12-10-21(11-13-23)26-28(22-8-6-20(18-38)7-9-22)33-25-5-3-4-24-27(25)29(26)34-35-30(24)39/h3-13,18-19,26,28,33H,14-17H2,1-2H3,(H,35,39). The maximum absolute atomic E-state index is 13.3. The Labute approximate surface area is 237 Å². The first kappa shape index (κ1) is 26.4. The van der Waals surface area contributed by atoms with E-state index in [0.717, 1.165) is 34.2 Å². The van der Waals surface area contributed by atoms with Crippen LogP contribution in [0.25, 0.3) is 10.8 Å². The summed E-state index contributed by atoms with van der Waals surface area (Å²) in [5.41, 5.74) is 4.36. The van der Waals surface area contributed by atoms with Crippen molar-refractivity contribution in [3.63, 3.8) is 0 Å². The van der Waals surface area contributed by atoms with Gasteiger partial charge in [-0.15, -0.1) is 0 Å². The fourth-order valence-corrected chi connectivity index (χ4v) is 5.92. The summed E-state index contributed by atoms with van der Waals surface area (Å²) in [4.78, 5) is 53.2. The number of aldehydes is 1. The van der Waals surface area contributed by atoms with E-state index in [1.54, 1.807) is 23.1 Å². The third kappa shape index (κ3) is 4.77. The second-order valence-corrected chi connectivity index (χ2v) is 10.9. The van der Waals surface area contributed by atoms with Crippen molar-refractivity contribution in [2.24, 2.45) is 5.92 Å². The second-order valence-electron chi connectivity index (χ2n) is 10.9. The first-order valence-electron chi connectivity index (χ1n) is 13.9. The molecule has 0 bridgehead atoms. The summed E-state index contributed by atoms with van der Waals surface area (Å²) >= 11 is 0. The fourth-order valence-electron chi connectivity index (χ4n) is 5.92. The van der Waals surface area contributed by atoms with Gasteiger partial charge in [0.05, 0.1) is 23.0 Å². The maximum atomic E-state index is 13.3. The molecule has 0 saturated carbocycles. The van der Waals surface area contributed by atoms with E-state index in [2.05, 4.69) is 15.5 Å². The number of aromatic nitrogens is 2. The molecule has 0 spiro atoms. The van der Waals surface area contributed by atoms with Gasteiger partial charge in [0.1, 0.15) is 6.29 Å². The van der Waals surface area contributed by atoms with Crippen LogP contribution >= 0.6 is 0 Å². The van der Waals surface area contributed by atoms with Crippen LogP contribution in [0, 0.1) is 5.92 Å². The van der Waals surface area contributed by atoms with E-state index in [9.17, 15) is 19.2 Å². The van der Waals surface area contributed by atoms with Crippen LogP contribution < -0.4 is 10.9 Å². The summed E-state index contributed by atoms with van der Waals surface area (Å²) in [5.74, 6) is -0.285. The zero-order chi connectivity index (χ0) is 28.7. The van der Waals surface area contributed by atoms with Gasteiger partial charge in [-0.1, -0.05) is 56.3 Å². The molecular formula is C32H31N5O4. The van der Waals surface area contributed by atoms with Crippen molar-refractivity contribution in [1.82, 2.24) is 20.0 Å². The van der Waals surface area contributed by atoms with Crippen LogP contribution in [0.5, 0.6) is 0 Å². The molecule has 2 atom stereocenters. The molecule has 9 heteroatoms. The van der Waals surface area contributed by atoms with Crippen molar-refractivity contribution in [3.8, 4) is 0 Å². The van der Waals surface area contributed by atoms with Crippen molar-refractivity contribution < 1.29 is 14.4 Å². The molecule has 0 radical (unpaired) electrons. The number of H-pyrrole nitrogens is 1. The average Bonchev–Trinajstić information content (AvgIpc) is 3.02. The van der Waals surface area contributed by atoms with Crippen LogP contribution in [-0.2, 0) is 4.79 Å². The minimum atomic E-state index is -0.277. The number of rotatable bonds is 5. The highest BCUT2D eigenvalue weighted by atomic mass is 16.2. The number of piperazine rings is 1.